The van der Waals surface area contributed by atoms with Gasteiger partial charge in [-0.3, -0.25) is 0 Å². The van der Waals surface area contributed by atoms with Gasteiger partial charge in [-0.05, 0) is 43.9 Å². The molecule has 0 radical (unpaired) electrons. The van der Waals surface area contributed by atoms with Crippen molar-refractivity contribution in [1.29, 1.82) is 0 Å². The van der Waals surface area contributed by atoms with E-state index in [0.717, 1.165) is 21.9 Å². The maximum absolute atomic E-state index is 5.96. The number of thioether (sulfide) groups is 1. The van der Waals surface area contributed by atoms with Crippen LogP contribution in [0.4, 0.5) is 0 Å². The lowest BCUT2D eigenvalue weighted by molar-refractivity contribution is 0.449. The Labute approximate surface area is 128 Å². The van der Waals surface area contributed by atoms with E-state index in [4.69, 9.17) is 22.7 Å². The second-order valence-electron chi connectivity index (χ2n) is 4.38. The zero-order chi connectivity index (χ0) is 14.7. The first-order chi connectivity index (χ1) is 9.52. The summed E-state index contributed by atoms with van der Waals surface area (Å²) in [6, 6.07) is 9.76. The largest absolute Gasteiger partial charge is 0.437 e. The summed E-state index contributed by atoms with van der Waals surface area (Å²) in [5.41, 5.74) is 8.34. The molecule has 1 aromatic carbocycles. The van der Waals surface area contributed by atoms with Crippen molar-refractivity contribution in [2.24, 2.45) is 5.73 Å². The quantitative estimate of drug-likeness (QED) is 0.687. The van der Waals surface area contributed by atoms with E-state index in [1.807, 2.05) is 50.4 Å². The number of thiocarbonyl (C=S) groups is 1. The van der Waals surface area contributed by atoms with E-state index >= 15 is 0 Å². The topological polar surface area (TPSA) is 48.1 Å². The summed E-state index contributed by atoms with van der Waals surface area (Å²) in [6.45, 7) is 3.88. The highest BCUT2D eigenvalue weighted by atomic mass is 32.2. The minimum Gasteiger partial charge on any atom is -0.437 e. The summed E-state index contributed by atoms with van der Waals surface area (Å²) >= 11 is 6.73. The highest BCUT2D eigenvalue weighted by molar-refractivity contribution is 7.98. The lowest BCUT2D eigenvalue weighted by Gasteiger charge is -2.14. The Bertz CT molecular complexity index is 656. The Kier molecular flexibility index (Phi) is 4.62. The molecule has 0 saturated heterocycles. The number of hydrogen-bond donors (Lipinski definition) is 1. The Hall–Kier alpha value is -1.59. The highest BCUT2D eigenvalue weighted by Crippen LogP contribution is 2.32. The monoisotopic (exact) mass is 304 g/mol. The number of nitrogens with zero attached hydrogens (tertiary/aromatic N) is 1. The fraction of sp³-hybridized carbons (Fsp3) is 0.200. The fourth-order valence-corrected chi connectivity index (χ4v) is 2.76. The van der Waals surface area contributed by atoms with Crippen molar-refractivity contribution in [3.05, 3.63) is 47.2 Å². The van der Waals surface area contributed by atoms with Crippen LogP contribution in [0, 0.1) is 13.8 Å². The summed E-state index contributed by atoms with van der Waals surface area (Å²) in [5, 5.41) is 0. The molecule has 3 nitrogen and oxygen atoms in total. The first-order valence-electron chi connectivity index (χ1n) is 6.12. The molecular formula is C15H16N2OS2. The molecule has 1 heterocycles. The number of aryl methyl sites for hydroxylation is 2. The lowest BCUT2D eigenvalue weighted by atomic mass is 10.1. The van der Waals surface area contributed by atoms with Gasteiger partial charge in [0, 0.05) is 10.6 Å². The molecule has 2 rings (SSSR count). The summed E-state index contributed by atoms with van der Waals surface area (Å²) in [6.07, 6.45) is 2.01. The standard InChI is InChI=1S/C15H16N2OS2/c1-9-8-10(2)17-15(13(9)14(16)19)18-11-6-4-5-7-12(11)20-3/h4-8H,1-3H3,(H2,16,19). The van der Waals surface area contributed by atoms with Crippen LogP contribution in [-0.4, -0.2) is 16.2 Å². The van der Waals surface area contributed by atoms with Crippen LogP contribution in [0.2, 0.25) is 0 Å². The third-order valence-corrected chi connectivity index (χ3v) is 3.81. The molecule has 2 N–H and O–H groups in total. The normalized spacial score (nSPS) is 10.3. The zero-order valence-corrected chi connectivity index (χ0v) is 13.3. The number of benzene rings is 1. The molecule has 0 amide bonds. The summed E-state index contributed by atoms with van der Waals surface area (Å²) in [4.78, 5) is 5.77. The van der Waals surface area contributed by atoms with E-state index < -0.39 is 0 Å². The van der Waals surface area contributed by atoms with Crippen LogP contribution in [0.1, 0.15) is 16.8 Å². The molecule has 0 aliphatic rings. The Morgan fingerprint density at radius 3 is 2.65 bits per heavy atom. The van der Waals surface area contributed by atoms with Crippen molar-refractivity contribution in [3.8, 4) is 11.6 Å². The number of hydrogen-bond acceptors (Lipinski definition) is 4. The molecule has 0 aliphatic carbocycles. The minimum atomic E-state index is 0.298. The third-order valence-electron chi connectivity index (χ3n) is 2.83. The number of ether oxygens (including phenoxy) is 1. The summed E-state index contributed by atoms with van der Waals surface area (Å²) < 4.78 is 5.96. The maximum atomic E-state index is 5.96. The molecule has 0 aliphatic heterocycles. The Morgan fingerprint density at radius 2 is 2.00 bits per heavy atom. The van der Waals surface area contributed by atoms with Crippen molar-refractivity contribution < 1.29 is 4.74 Å². The van der Waals surface area contributed by atoms with Gasteiger partial charge in [-0.15, -0.1) is 11.8 Å². The molecule has 1 aromatic heterocycles. The van der Waals surface area contributed by atoms with Gasteiger partial charge in [0.1, 0.15) is 10.7 Å². The first-order valence-corrected chi connectivity index (χ1v) is 7.75. The Morgan fingerprint density at radius 1 is 1.30 bits per heavy atom. The summed E-state index contributed by atoms with van der Waals surface area (Å²) in [5.74, 6) is 1.23. The number of aromatic nitrogens is 1. The van der Waals surface area contributed by atoms with Gasteiger partial charge in [0.2, 0.25) is 5.88 Å². The van der Waals surface area contributed by atoms with Gasteiger partial charge >= 0.3 is 0 Å². The molecular weight excluding hydrogens is 288 g/mol. The molecule has 0 bridgehead atoms. The van der Waals surface area contributed by atoms with Crippen molar-refractivity contribution in [2.75, 3.05) is 6.26 Å². The van der Waals surface area contributed by atoms with Gasteiger partial charge in [-0.2, -0.15) is 0 Å². The van der Waals surface area contributed by atoms with Crippen LogP contribution in [0.5, 0.6) is 11.6 Å². The minimum absolute atomic E-state index is 0.298. The van der Waals surface area contributed by atoms with Crippen molar-refractivity contribution in [3.63, 3.8) is 0 Å². The van der Waals surface area contributed by atoms with E-state index in [9.17, 15) is 0 Å². The van der Waals surface area contributed by atoms with E-state index in [-0.39, 0.29) is 0 Å². The van der Waals surface area contributed by atoms with Gasteiger partial charge in [-0.1, -0.05) is 24.4 Å². The van der Waals surface area contributed by atoms with Crippen LogP contribution >= 0.6 is 24.0 Å². The van der Waals surface area contributed by atoms with E-state index in [1.165, 1.54) is 0 Å². The second kappa shape index (κ2) is 6.24. The smallest absolute Gasteiger partial charge is 0.230 e. The zero-order valence-electron chi connectivity index (χ0n) is 11.6. The first kappa shape index (κ1) is 14.8. The van der Waals surface area contributed by atoms with Gasteiger partial charge in [0.05, 0.1) is 5.56 Å². The number of rotatable bonds is 4. The molecule has 0 atom stereocenters. The third kappa shape index (κ3) is 3.11. The molecule has 0 saturated carbocycles. The fourth-order valence-electron chi connectivity index (χ4n) is 1.98. The van der Waals surface area contributed by atoms with Gasteiger partial charge in [0.25, 0.3) is 0 Å². The molecule has 20 heavy (non-hydrogen) atoms. The number of para-hydroxylation sites is 1. The Balaban J connectivity index is 2.50. The molecule has 5 heteroatoms. The highest BCUT2D eigenvalue weighted by Gasteiger charge is 2.15. The van der Waals surface area contributed by atoms with E-state index in [0.29, 0.717) is 16.4 Å². The van der Waals surface area contributed by atoms with Gasteiger partial charge in [-0.25, -0.2) is 4.98 Å². The van der Waals surface area contributed by atoms with Crippen LogP contribution in [0.15, 0.2) is 35.2 Å². The van der Waals surface area contributed by atoms with Crippen LogP contribution in [0.3, 0.4) is 0 Å². The average Bonchev–Trinajstić information content (AvgIpc) is 2.38. The predicted octanol–water partition coefficient (Wildman–Crippen LogP) is 3.85. The lowest BCUT2D eigenvalue weighted by Crippen LogP contribution is -2.14. The average molecular weight is 304 g/mol. The van der Waals surface area contributed by atoms with Gasteiger partial charge in [0.15, 0.2) is 0 Å². The summed E-state index contributed by atoms with van der Waals surface area (Å²) in [7, 11) is 0. The van der Waals surface area contributed by atoms with Crippen LogP contribution < -0.4 is 10.5 Å². The van der Waals surface area contributed by atoms with E-state index in [2.05, 4.69) is 4.98 Å². The SMILES string of the molecule is CSc1ccccc1Oc1nc(C)cc(C)c1C(N)=S. The van der Waals surface area contributed by atoms with Crippen molar-refractivity contribution in [1.82, 2.24) is 4.98 Å². The van der Waals surface area contributed by atoms with E-state index in [1.54, 1.807) is 11.8 Å². The van der Waals surface area contributed by atoms with Crippen molar-refractivity contribution in [2.45, 2.75) is 18.7 Å². The predicted molar refractivity (Wildman–Crippen MR) is 87.9 cm³/mol. The second-order valence-corrected chi connectivity index (χ2v) is 5.67. The van der Waals surface area contributed by atoms with Crippen LogP contribution in [0.25, 0.3) is 0 Å². The van der Waals surface area contributed by atoms with Gasteiger partial charge < -0.3 is 10.5 Å². The maximum Gasteiger partial charge on any atom is 0.230 e. The van der Waals surface area contributed by atoms with Crippen LogP contribution in [-0.2, 0) is 0 Å². The molecule has 104 valence electrons. The molecule has 2 aromatic rings. The van der Waals surface area contributed by atoms with Crippen molar-refractivity contribution >= 4 is 29.0 Å². The molecule has 0 fully saturated rings. The number of nitrogens with two attached hydrogens (primary N) is 1. The number of pyridine rings is 1. The molecule has 0 spiro atoms. The molecule has 0 unspecified atom stereocenters.